The summed E-state index contributed by atoms with van der Waals surface area (Å²) in [6, 6.07) is 18.2. The maximum Gasteiger partial charge on any atom is 0.339 e. The molecule has 0 saturated heterocycles. The third kappa shape index (κ3) is 7.30. The molecule has 0 aliphatic carbocycles. The number of rotatable bonds is 9. The predicted octanol–water partition coefficient (Wildman–Crippen LogP) is 5.51. The molecule has 0 atom stereocenters. The number of nitrogens with one attached hydrogen (secondary N) is 2. The summed E-state index contributed by atoms with van der Waals surface area (Å²) < 4.78 is 35.9. The molecule has 4 rings (SSSR count). The van der Waals surface area contributed by atoms with E-state index >= 15 is 0 Å². The number of methoxy groups -OCH3 is 1. The van der Waals surface area contributed by atoms with Crippen molar-refractivity contribution in [3.05, 3.63) is 89.3 Å². The highest BCUT2D eigenvalue weighted by atomic mass is 32.2. The zero-order chi connectivity index (χ0) is 28.0. The van der Waals surface area contributed by atoms with Gasteiger partial charge >= 0.3 is 10.1 Å². The average Bonchev–Trinajstić information content (AvgIpc) is 3.36. The molecule has 9 nitrogen and oxygen atoms in total. The molecule has 39 heavy (non-hydrogen) atoms. The Morgan fingerprint density at radius 3 is 2.33 bits per heavy atom. The maximum absolute atomic E-state index is 12.6. The van der Waals surface area contributed by atoms with Crippen LogP contribution in [0.3, 0.4) is 0 Å². The number of hydrogen-bond donors (Lipinski definition) is 2. The maximum atomic E-state index is 12.6. The third-order valence-corrected chi connectivity index (χ3v) is 7.37. The highest BCUT2D eigenvalue weighted by Crippen LogP contribution is 2.31. The van der Waals surface area contributed by atoms with Crippen LogP contribution in [0.1, 0.15) is 18.1 Å². The third-order valence-electron chi connectivity index (χ3n) is 5.36. The molecule has 1 heterocycles. The zero-order valence-electron chi connectivity index (χ0n) is 21.3. The smallest absolute Gasteiger partial charge is 0.339 e. The number of benzene rings is 3. The summed E-state index contributed by atoms with van der Waals surface area (Å²) in [5, 5.41) is 7.67. The minimum atomic E-state index is -4.05. The Bertz CT molecular complexity index is 1630. The molecular formula is C28H25N3O6S2. The fraction of sp³-hybridized carbons (Fsp3) is 0.107. The molecule has 4 aromatic rings. The van der Waals surface area contributed by atoms with Crippen LogP contribution in [0.15, 0.2) is 83.1 Å². The topological polar surface area (TPSA) is 124 Å². The van der Waals surface area contributed by atoms with E-state index in [2.05, 4.69) is 15.6 Å². The Hall–Kier alpha value is -4.48. The number of hydrogen-bond acceptors (Lipinski definition) is 8. The molecule has 0 saturated carbocycles. The van der Waals surface area contributed by atoms with Crippen molar-refractivity contribution in [2.45, 2.75) is 18.7 Å². The van der Waals surface area contributed by atoms with Gasteiger partial charge in [-0.1, -0.05) is 35.9 Å². The standard InChI is InChI=1S/C28H25N3O6S2/c1-18-4-12-23(13-5-18)39(34,35)37-25-14-6-20(16-26(25)36-3)7-15-27(33)31-28-30-24(17-38-28)21-8-10-22(11-9-21)29-19(2)32/h4-17H,1-3H3,(H,29,32)(H,30,31,33). The molecule has 2 N–H and O–H groups in total. The Morgan fingerprint density at radius 1 is 0.949 bits per heavy atom. The van der Waals surface area contributed by atoms with E-state index < -0.39 is 16.0 Å². The molecule has 0 aliphatic rings. The van der Waals surface area contributed by atoms with Crippen LogP contribution in [0.2, 0.25) is 0 Å². The predicted molar refractivity (Wildman–Crippen MR) is 152 cm³/mol. The van der Waals surface area contributed by atoms with Gasteiger partial charge in [0.2, 0.25) is 11.8 Å². The van der Waals surface area contributed by atoms with Crippen LogP contribution in [0.4, 0.5) is 10.8 Å². The summed E-state index contributed by atoms with van der Waals surface area (Å²) in [4.78, 5) is 28.1. The van der Waals surface area contributed by atoms with Crippen LogP contribution < -0.4 is 19.6 Å². The minimum Gasteiger partial charge on any atom is -0.493 e. The Labute approximate surface area is 230 Å². The number of nitrogens with zero attached hydrogens (tertiary/aromatic N) is 1. The van der Waals surface area contributed by atoms with Crippen LogP contribution in [0.5, 0.6) is 11.5 Å². The highest BCUT2D eigenvalue weighted by Gasteiger charge is 2.19. The first-order valence-electron chi connectivity index (χ1n) is 11.6. The van der Waals surface area contributed by atoms with Crippen LogP contribution in [-0.4, -0.2) is 32.3 Å². The van der Waals surface area contributed by atoms with Crippen LogP contribution in [-0.2, 0) is 19.7 Å². The number of carbonyl (C=O) groups is 2. The lowest BCUT2D eigenvalue weighted by molar-refractivity contribution is -0.114. The molecular weight excluding hydrogens is 538 g/mol. The first-order valence-corrected chi connectivity index (χ1v) is 13.9. The summed E-state index contributed by atoms with van der Waals surface area (Å²) in [7, 11) is -2.65. The molecule has 1 aromatic heterocycles. The molecule has 3 aromatic carbocycles. The molecule has 200 valence electrons. The first-order chi connectivity index (χ1) is 18.6. The number of aryl methyl sites for hydroxylation is 1. The summed E-state index contributed by atoms with van der Waals surface area (Å²) in [6.07, 6.45) is 2.90. The molecule has 11 heteroatoms. The second-order valence-electron chi connectivity index (χ2n) is 8.38. The molecule has 0 bridgehead atoms. The van der Waals surface area contributed by atoms with E-state index in [0.717, 1.165) is 11.1 Å². The van der Waals surface area contributed by atoms with Gasteiger partial charge in [0, 0.05) is 29.6 Å². The van der Waals surface area contributed by atoms with Crippen molar-refractivity contribution in [1.29, 1.82) is 0 Å². The SMILES string of the molecule is COc1cc(C=CC(=O)Nc2nc(-c3ccc(NC(C)=O)cc3)cs2)ccc1OS(=O)(=O)c1ccc(C)cc1. The molecule has 0 radical (unpaired) electrons. The van der Waals surface area contributed by atoms with Gasteiger partial charge in [-0.2, -0.15) is 8.42 Å². The van der Waals surface area contributed by atoms with Crippen LogP contribution in [0.25, 0.3) is 17.3 Å². The summed E-state index contributed by atoms with van der Waals surface area (Å²) in [5.41, 5.74) is 3.74. The molecule has 0 spiro atoms. The average molecular weight is 564 g/mol. The van der Waals surface area contributed by atoms with Crippen molar-refractivity contribution in [2.75, 3.05) is 17.7 Å². The van der Waals surface area contributed by atoms with Gasteiger partial charge in [-0.3, -0.25) is 14.9 Å². The summed E-state index contributed by atoms with van der Waals surface area (Å²) >= 11 is 1.28. The lowest BCUT2D eigenvalue weighted by Crippen LogP contribution is -2.10. The van der Waals surface area contributed by atoms with Gasteiger partial charge in [-0.05, 0) is 55.0 Å². The van der Waals surface area contributed by atoms with E-state index in [-0.39, 0.29) is 22.3 Å². The van der Waals surface area contributed by atoms with E-state index in [1.54, 1.807) is 42.5 Å². The van der Waals surface area contributed by atoms with Gasteiger partial charge in [0.15, 0.2) is 16.6 Å². The fourth-order valence-electron chi connectivity index (χ4n) is 3.44. The fourth-order valence-corrected chi connectivity index (χ4v) is 5.10. The number of anilines is 2. The zero-order valence-corrected chi connectivity index (χ0v) is 22.9. The lowest BCUT2D eigenvalue weighted by atomic mass is 10.1. The number of thiazole rings is 1. The van der Waals surface area contributed by atoms with Gasteiger partial charge in [-0.25, -0.2) is 4.98 Å². The van der Waals surface area contributed by atoms with Crippen LogP contribution in [0, 0.1) is 6.92 Å². The molecule has 2 amide bonds. The van der Waals surface area contributed by atoms with E-state index in [1.165, 1.54) is 49.6 Å². The second-order valence-corrected chi connectivity index (χ2v) is 10.8. The van der Waals surface area contributed by atoms with Gasteiger partial charge in [0.1, 0.15) is 4.90 Å². The quantitative estimate of drug-likeness (QED) is 0.203. The number of ether oxygens (including phenoxy) is 1. The lowest BCUT2D eigenvalue weighted by Gasteiger charge is -2.11. The highest BCUT2D eigenvalue weighted by molar-refractivity contribution is 7.87. The van der Waals surface area contributed by atoms with Crippen molar-refractivity contribution < 1.29 is 26.9 Å². The van der Waals surface area contributed by atoms with Gasteiger partial charge < -0.3 is 14.2 Å². The van der Waals surface area contributed by atoms with Crippen molar-refractivity contribution in [3.63, 3.8) is 0 Å². The number of aromatic nitrogens is 1. The van der Waals surface area contributed by atoms with Gasteiger partial charge in [0.25, 0.3) is 0 Å². The largest absolute Gasteiger partial charge is 0.493 e. The van der Waals surface area contributed by atoms with Crippen LogP contribution >= 0.6 is 11.3 Å². The Morgan fingerprint density at radius 2 is 1.67 bits per heavy atom. The Balaban J connectivity index is 1.40. The van der Waals surface area contributed by atoms with E-state index in [0.29, 0.717) is 22.1 Å². The van der Waals surface area contributed by atoms with Crippen molar-refractivity contribution >= 4 is 50.2 Å². The monoisotopic (exact) mass is 563 g/mol. The number of carbonyl (C=O) groups excluding carboxylic acids is 2. The Kier molecular flexibility index (Phi) is 8.43. The first kappa shape index (κ1) is 27.6. The summed E-state index contributed by atoms with van der Waals surface area (Å²) in [6.45, 7) is 3.30. The molecule has 0 aliphatic heterocycles. The summed E-state index contributed by atoms with van der Waals surface area (Å²) in [5.74, 6) is -0.316. The molecule has 0 fully saturated rings. The van der Waals surface area contributed by atoms with Crippen molar-refractivity contribution in [2.24, 2.45) is 0 Å². The van der Waals surface area contributed by atoms with Gasteiger partial charge in [-0.15, -0.1) is 11.3 Å². The van der Waals surface area contributed by atoms with E-state index in [1.807, 2.05) is 24.4 Å². The number of amides is 2. The molecule has 0 unspecified atom stereocenters. The van der Waals surface area contributed by atoms with E-state index in [4.69, 9.17) is 8.92 Å². The van der Waals surface area contributed by atoms with Crippen molar-refractivity contribution in [1.82, 2.24) is 4.98 Å². The van der Waals surface area contributed by atoms with E-state index in [9.17, 15) is 18.0 Å². The van der Waals surface area contributed by atoms with Crippen molar-refractivity contribution in [3.8, 4) is 22.8 Å². The second kappa shape index (κ2) is 11.9. The minimum absolute atomic E-state index is 0.0279. The van der Waals surface area contributed by atoms with Gasteiger partial charge in [0.05, 0.1) is 12.8 Å². The normalized spacial score (nSPS) is 11.3.